The number of piperazine rings is 1. The molecule has 1 N–H and O–H groups in total. The van der Waals surface area contributed by atoms with Crippen molar-refractivity contribution in [2.24, 2.45) is 0 Å². The average molecular weight is 457 g/mol. The molecule has 0 bridgehead atoms. The lowest BCUT2D eigenvalue weighted by molar-refractivity contribution is -0.145. The molecular weight excluding hydrogens is 439 g/mol. The lowest BCUT2D eigenvalue weighted by atomic mass is 10.1. The highest BCUT2D eigenvalue weighted by molar-refractivity contribution is 7.89. The maximum atomic E-state index is 12.9. The fraction of sp³-hybridized carbons (Fsp3) is 0.316. The fourth-order valence-corrected chi connectivity index (χ4v) is 4.79. The Hall–Kier alpha value is -2.99. The standard InChI is InChI=1S/C19H18F3N3O5S/c20-19(21,22)14-3-5-15(6-4-14)31(29,30)25-9-8-24(12-16(25)18(27)28)17(26)10-13-2-1-7-23-11-13/h1-7,11,16H,8-10,12H2,(H,27,28)/t16-/m1/s1. The molecular formula is C19H18F3N3O5S. The van der Waals surface area contributed by atoms with Gasteiger partial charge in [-0.15, -0.1) is 0 Å². The summed E-state index contributed by atoms with van der Waals surface area (Å²) >= 11 is 0. The van der Waals surface area contributed by atoms with Gasteiger partial charge in [0, 0.05) is 32.0 Å². The van der Waals surface area contributed by atoms with Crippen molar-refractivity contribution in [1.29, 1.82) is 0 Å². The molecule has 1 aromatic carbocycles. The van der Waals surface area contributed by atoms with Crippen LogP contribution in [0.3, 0.4) is 0 Å². The van der Waals surface area contributed by atoms with E-state index in [1.54, 1.807) is 18.3 Å². The van der Waals surface area contributed by atoms with Gasteiger partial charge in [0.15, 0.2) is 0 Å². The molecule has 0 aliphatic carbocycles. The number of alkyl halides is 3. The van der Waals surface area contributed by atoms with Crippen molar-refractivity contribution < 1.29 is 36.3 Å². The molecule has 1 saturated heterocycles. The number of carbonyl (C=O) groups is 2. The summed E-state index contributed by atoms with van der Waals surface area (Å²) in [5, 5.41) is 9.56. The molecule has 3 rings (SSSR count). The lowest BCUT2D eigenvalue weighted by Crippen LogP contribution is -2.59. The van der Waals surface area contributed by atoms with Crippen LogP contribution in [0.4, 0.5) is 13.2 Å². The topological polar surface area (TPSA) is 108 Å². The fourth-order valence-electron chi connectivity index (χ4n) is 3.22. The van der Waals surface area contributed by atoms with Crippen LogP contribution in [0.25, 0.3) is 0 Å². The summed E-state index contributed by atoms with van der Waals surface area (Å²) in [6, 6.07) is 4.59. The van der Waals surface area contributed by atoms with Crippen LogP contribution >= 0.6 is 0 Å². The zero-order chi connectivity index (χ0) is 22.8. The van der Waals surface area contributed by atoms with Crippen LogP contribution in [0, 0.1) is 0 Å². The summed E-state index contributed by atoms with van der Waals surface area (Å²) in [5.74, 6) is -1.85. The van der Waals surface area contributed by atoms with Crippen LogP contribution in [0.5, 0.6) is 0 Å². The molecule has 1 fully saturated rings. The number of benzene rings is 1. The molecule has 1 aliphatic rings. The molecule has 166 valence electrons. The van der Waals surface area contributed by atoms with Crippen molar-refractivity contribution in [3.05, 3.63) is 59.9 Å². The zero-order valence-corrected chi connectivity index (χ0v) is 16.8. The minimum absolute atomic E-state index is 0.0220. The number of carboxylic acids is 1. The number of rotatable bonds is 5. The van der Waals surface area contributed by atoms with Crippen molar-refractivity contribution in [3.63, 3.8) is 0 Å². The molecule has 1 aliphatic heterocycles. The molecule has 0 spiro atoms. The van der Waals surface area contributed by atoms with E-state index in [1.165, 1.54) is 11.1 Å². The lowest BCUT2D eigenvalue weighted by Gasteiger charge is -2.38. The average Bonchev–Trinajstić information content (AvgIpc) is 2.73. The van der Waals surface area contributed by atoms with Crippen molar-refractivity contribution >= 4 is 21.9 Å². The monoisotopic (exact) mass is 457 g/mol. The summed E-state index contributed by atoms with van der Waals surface area (Å²) in [4.78, 5) is 29.0. The minimum atomic E-state index is -4.63. The Kier molecular flexibility index (Phi) is 6.32. The van der Waals surface area contributed by atoms with Gasteiger partial charge in [-0.25, -0.2) is 8.42 Å². The van der Waals surface area contributed by atoms with Gasteiger partial charge in [0.2, 0.25) is 15.9 Å². The van der Waals surface area contributed by atoms with Gasteiger partial charge < -0.3 is 10.0 Å². The van der Waals surface area contributed by atoms with Crippen molar-refractivity contribution in [2.75, 3.05) is 19.6 Å². The number of carbonyl (C=O) groups excluding carboxylic acids is 1. The van der Waals surface area contributed by atoms with E-state index in [4.69, 9.17) is 0 Å². The second kappa shape index (κ2) is 8.63. The molecule has 8 nitrogen and oxygen atoms in total. The van der Waals surface area contributed by atoms with E-state index in [0.717, 1.165) is 12.1 Å². The van der Waals surface area contributed by atoms with Crippen LogP contribution < -0.4 is 0 Å². The summed E-state index contributed by atoms with van der Waals surface area (Å²) in [7, 11) is -4.39. The molecule has 12 heteroatoms. The maximum Gasteiger partial charge on any atom is 0.416 e. The molecule has 0 unspecified atom stereocenters. The van der Waals surface area contributed by atoms with E-state index in [-0.39, 0.29) is 32.0 Å². The van der Waals surface area contributed by atoms with E-state index in [1.807, 2.05) is 0 Å². The van der Waals surface area contributed by atoms with Gasteiger partial charge in [-0.05, 0) is 35.9 Å². The van der Waals surface area contributed by atoms with Crippen molar-refractivity contribution in [1.82, 2.24) is 14.2 Å². The van der Waals surface area contributed by atoms with E-state index in [9.17, 15) is 36.3 Å². The number of aliphatic carboxylic acids is 1. The van der Waals surface area contributed by atoms with Crippen LogP contribution in [0.2, 0.25) is 0 Å². The van der Waals surface area contributed by atoms with E-state index >= 15 is 0 Å². The second-order valence-corrected chi connectivity index (χ2v) is 8.76. The Labute approximate surface area is 176 Å². The number of amides is 1. The Bertz CT molecular complexity index is 1060. The highest BCUT2D eigenvalue weighted by Crippen LogP contribution is 2.31. The number of carboxylic acid groups (broad SMARTS) is 1. The summed E-state index contributed by atoms with van der Waals surface area (Å²) < 4.78 is 64.7. The van der Waals surface area contributed by atoms with Crippen molar-refractivity contribution in [2.45, 2.75) is 23.5 Å². The van der Waals surface area contributed by atoms with E-state index < -0.39 is 38.7 Å². The van der Waals surface area contributed by atoms with Crippen LogP contribution in [-0.2, 0) is 32.2 Å². The third-order valence-corrected chi connectivity index (χ3v) is 6.76. The summed E-state index contributed by atoms with van der Waals surface area (Å²) in [5.41, 5.74) is -0.397. The Balaban J connectivity index is 1.79. The first-order valence-corrected chi connectivity index (χ1v) is 10.5. The van der Waals surface area contributed by atoms with Gasteiger partial charge in [-0.3, -0.25) is 14.6 Å². The largest absolute Gasteiger partial charge is 0.480 e. The van der Waals surface area contributed by atoms with Gasteiger partial charge in [-0.1, -0.05) is 6.07 Å². The quantitative estimate of drug-likeness (QED) is 0.731. The maximum absolute atomic E-state index is 12.9. The number of sulfonamides is 1. The van der Waals surface area contributed by atoms with Crippen LogP contribution in [0.15, 0.2) is 53.7 Å². The van der Waals surface area contributed by atoms with Crippen LogP contribution in [0.1, 0.15) is 11.1 Å². The van der Waals surface area contributed by atoms with Gasteiger partial charge in [0.05, 0.1) is 16.9 Å². The SMILES string of the molecule is O=C(O)[C@H]1CN(C(=O)Cc2cccnc2)CCN1S(=O)(=O)c1ccc(C(F)(F)F)cc1. The Morgan fingerprint density at radius 1 is 1.13 bits per heavy atom. The smallest absolute Gasteiger partial charge is 0.416 e. The number of hydrogen-bond acceptors (Lipinski definition) is 5. The molecule has 0 radical (unpaired) electrons. The third kappa shape index (κ3) is 5.02. The number of nitrogens with zero attached hydrogens (tertiary/aromatic N) is 3. The molecule has 1 aromatic heterocycles. The number of pyridine rings is 1. The number of hydrogen-bond donors (Lipinski definition) is 1. The summed E-state index contributed by atoms with van der Waals surface area (Å²) in [6.07, 6.45) is -1.62. The van der Waals surface area contributed by atoms with Gasteiger partial charge in [0.1, 0.15) is 6.04 Å². The molecule has 1 amide bonds. The Morgan fingerprint density at radius 2 is 1.81 bits per heavy atom. The molecule has 0 saturated carbocycles. The molecule has 2 aromatic rings. The van der Waals surface area contributed by atoms with E-state index in [2.05, 4.69) is 4.98 Å². The van der Waals surface area contributed by atoms with Gasteiger partial charge >= 0.3 is 12.1 Å². The predicted octanol–water partition coefficient (Wildman–Crippen LogP) is 1.63. The number of aromatic nitrogens is 1. The second-order valence-electron chi connectivity index (χ2n) is 6.87. The van der Waals surface area contributed by atoms with E-state index in [0.29, 0.717) is 22.0 Å². The minimum Gasteiger partial charge on any atom is -0.480 e. The highest BCUT2D eigenvalue weighted by atomic mass is 32.2. The molecule has 31 heavy (non-hydrogen) atoms. The normalized spacial score (nSPS) is 18.0. The summed E-state index contributed by atoms with van der Waals surface area (Å²) in [6.45, 7) is -0.740. The first-order chi connectivity index (χ1) is 14.5. The predicted molar refractivity (Wildman–Crippen MR) is 101 cm³/mol. The van der Waals surface area contributed by atoms with Crippen molar-refractivity contribution in [3.8, 4) is 0 Å². The zero-order valence-electron chi connectivity index (χ0n) is 16.0. The Morgan fingerprint density at radius 3 is 2.35 bits per heavy atom. The third-order valence-electron chi connectivity index (χ3n) is 4.84. The highest BCUT2D eigenvalue weighted by Gasteiger charge is 2.41. The van der Waals surface area contributed by atoms with Gasteiger partial charge in [0.25, 0.3) is 0 Å². The van der Waals surface area contributed by atoms with Crippen LogP contribution in [-0.4, -0.2) is 65.3 Å². The first-order valence-electron chi connectivity index (χ1n) is 9.09. The molecule has 2 heterocycles. The first kappa shape index (κ1) is 22.7. The van der Waals surface area contributed by atoms with Gasteiger partial charge in [-0.2, -0.15) is 17.5 Å². The molecule has 1 atom stereocenters. The number of halogens is 3.